The SMILES string of the molecule is CCOC(=O)CNS(=O)(=O)c1ccccc1Cl. The molecule has 0 saturated carbocycles. The third-order valence-electron chi connectivity index (χ3n) is 1.84. The van der Waals surface area contributed by atoms with Crippen LogP contribution in [0.3, 0.4) is 0 Å². The lowest BCUT2D eigenvalue weighted by Crippen LogP contribution is -2.30. The summed E-state index contributed by atoms with van der Waals surface area (Å²) in [6.45, 7) is 1.43. The summed E-state index contributed by atoms with van der Waals surface area (Å²) in [7, 11) is -3.79. The van der Waals surface area contributed by atoms with Gasteiger partial charge in [0.15, 0.2) is 0 Å². The van der Waals surface area contributed by atoms with Crippen molar-refractivity contribution in [3.63, 3.8) is 0 Å². The Labute approximate surface area is 105 Å². The van der Waals surface area contributed by atoms with Crippen LogP contribution in [-0.4, -0.2) is 27.5 Å². The predicted octanol–water partition coefficient (Wildman–Crippen LogP) is 1.18. The predicted molar refractivity (Wildman–Crippen MR) is 63.3 cm³/mol. The molecule has 1 aromatic carbocycles. The van der Waals surface area contributed by atoms with Gasteiger partial charge in [0.2, 0.25) is 10.0 Å². The summed E-state index contributed by atoms with van der Waals surface area (Å²) in [5.41, 5.74) is 0. The largest absolute Gasteiger partial charge is 0.465 e. The Bertz CT molecular complexity index is 501. The molecule has 0 aliphatic carbocycles. The maximum atomic E-state index is 11.8. The first kappa shape index (κ1) is 14.0. The molecule has 0 aliphatic heterocycles. The lowest BCUT2D eigenvalue weighted by Gasteiger charge is -2.07. The maximum absolute atomic E-state index is 11.8. The van der Waals surface area contributed by atoms with Gasteiger partial charge in [-0.2, -0.15) is 4.72 Å². The van der Waals surface area contributed by atoms with Crippen molar-refractivity contribution < 1.29 is 17.9 Å². The molecule has 0 saturated heterocycles. The molecular weight excluding hydrogens is 266 g/mol. The molecule has 0 atom stereocenters. The molecule has 94 valence electrons. The minimum absolute atomic E-state index is 0.0639. The molecule has 0 aliphatic rings. The second-order valence-electron chi connectivity index (χ2n) is 3.06. The van der Waals surface area contributed by atoms with Gasteiger partial charge in [0, 0.05) is 0 Å². The Kier molecular flexibility index (Phi) is 4.92. The van der Waals surface area contributed by atoms with Crippen molar-refractivity contribution in [2.45, 2.75) is 11.8 Å². The number of ether oxygens (including phenoxy) is 1. The van der Waals surface area contributed by atoms with Crippen molar-refractivity contribution in [3.05, 3.63) is 29.3 Å². The summed E-state index contributed by atoms with van der Waals surface area (Å²) in [6.07, 6.45) is 0. The van der Waals surface area contributed by atoms with Gasteiger partial charge in [0.1, 0.15) is 11.4 Å². The highest BCUT2D eigenvalue weighted by Gasteiger charge is 2.18. The Balaban J connectivity index is 2.77. The molecular formula is C10H12ClNO4S. The fourth-order valence-electron chi connectivity index (χ4n) is 1.11. The van der Waals surface area contributed by atoms with Gasteiger partial charge in [0.25, 0.3) is 0 Å². The number of rotatable bonds is 5. The number of hydrogen-bond donors (Lipinski definition) is 1. The van der Waals surface area contributed by atoms with Gasteiger partial charge >= 0.3 is 5.97 Å². The van der Waals surface area contributed by atoms with Gasteiger partial charge in [0.05, 0.1) is 11.6 Å². The number of carbonyl (C=O) groups excluding carboxylic acids is 1. The fourth-order valence-corrected chi connectivity index (χ4v) is 2.59. The van der Waals surface area contributed by atoms with Crippen molar-refractivity contribution >= 4 is 27.6 Å². The topological polar surface area (TPSA) is 72.5 Å². The molecule has 0 amide bonds. The normalized spacial score (nSPS) is 11.2. The third-order valence-corrected chi connectivity index (χ3v) is 3.74. The molecule has 0 aromatic heterocycles. The number of sulfonamides is 1. The van der Waals surface area contributed by atoms with Crippen LogP contribution in [0, 0.1) is 0 Å². The van der Waals surface area contributed by atoms with E-state index >= 15 is 0 Å². The van der Waals surface area contributed by atoms with Gasteiger partial charge in [-0.3, -0.25) is 4.79 Å². The minimum Gasteiger partial charge on any atom is -0.465 e. The van der Waals surface area contributed by atoms with Crippen LogP contribution in [0.2, 0.25) is 5.02 Å². The van der Waals surface area contributed by atoms with Crippen LogP contribution in [0.1, 0.15) is 6.92 Å². The van der Waals surface area contributed by atoms with Crippen LogP contribution in [0.25, 0.3) is 0 Å². The van der Waals surface area contributed by atoms with Gasteiger partial charge < -0.3 is 4.74 Å². The molecule has 1 aromatic rings. The second-order valence-corrected chi connectivity index (χ2v) is 5.20. The zero-order valence-electron chi connectivity index (χ0n) is 9.14. The molecule has 1 rings (SSSR count). The van der Waals surface area contributed by atoms with E-state index in [4.69, 9.17) is 11.6 Å². The smallest absolute Gasteiger partial charge is 0.321 e. The number of nitrogens with one attached hydrogen (secondary N) is 1. The van der Waals surface area contributed by atoms with Crippen molar-refractivity contribution in [1.82, 2.24) is 4.72 Å². The van der Waals surface area contributed by atoms with E-state index in [1.165, 1.54) is 12.1 Å². The van der Waals surface area contributed by atoms with E-state index in [0.29, 0.717) is 0 Å². The zero-order valence-corrected chi connectivity index (χ0v) is 10.7. The highest BCUT2D eigenvalue weighted by atomic mass is 35.5. The van der Waals surface area contributed by atoms with Crippen LogP contribution in [0.4, 0.5) is 0 Å². The summed E-state index contributed by atoms with van der Waals surface area (Å²) < 4.78 is 30.2. The molecule has 1 N–H and O–H groups in total. The highest BCUT2D eigenvalue weighted by Crippen LogP contribution is 2.19. The number of hydrogen-bond acceptors (Lipinski definition) is 4. The number of benzene rings is 1. The molecule has 0 spiro atoms. The molecule has 0 unspecified atom stereocenters. The van der Waals surface area contributed by atoms with Gasteiger partial charge in [-0.05, 0) is 19.1 Å². The Hall–Kier alpha value is -1.11. The molecule has 7 heteroatoms. The molecule has 17 heavy (non-hydrogen) atoms. The van der Waals surface area contributed by atoms with Gasteiger partial charge in [-0.25, -0.2) is 8.42 Å². The van der Waals surface area contributed by atoms with E-state index in [2.05, 4.69) is 9.46 Å². The van der Waals surface area contributed by atoms with E-state index in [0.717, 1.165) is 0 Å². The number of halogens is 1. The molecule has 5 nitrogen and oxygen atoms in total. The van der Waals surface area contributed by atoms with Crippen molar-refractivity contribution in [1.29, 1.82) is 0 Å². The third kappa shape index (κ3) is 3.99. The number of carbonyl (C=O) groups is 1. The average Bonchev–Trinajstić information content (AvgIpc) is 2.27. The molecule has 0 fully saturated rings. The van der Waals surface area contributed by atoms with E-state index < -0.39 is 22.5 Å². The zero-order chi connectivity index (χ0) is 12.9. The second kappa shape index (κ2) is 6.00. The van der Waals surface area contributed by atoms with Gasteiger partial charge in [-0.1, -0.05) is 23.7 Å². The van der Waals surface area contributed by atoms with Crippen molar-refractivity contribution in [2.24, 2.45) is 0 Å². The van der Waals surface area contributed by atoms with Crippen LogP contribution in [0.5, 0.6) is 0 Å². The van der Waals surface area contributed by atoms with E-state index in [-0.39, 0.29) is 16.5 Å². The first-order chi connectivity index (χ1) is 7.97. The Morgan fingerprint density at radius 1 is 1.41 bits per heavy atom. The Morgan fingerprint density at radius 2 is 2.06 bits per heavy atom. The summed E-state index contributed by atoms with van der Waals surface area (Å²) in [4.78, 5) is 11.0. The van der Waals surface area contributed by atoms with E-state index in [1.54, 1.807) is 19.1 Å². The van der Waals surface area contributed by atoms with Crippen LogP contribution in [-0.2, 0) is 19.6 Å². The highest BCUT2D eigenvalue weighted by molar-refractivity contribution is 7.89. The monoisotopic (exact) mass is 277 g/mol. The van der Waals surface area contributed by atoms with Crippen LogP contribution >= 0.6 is 11.6 Å². The van der Waals surface area contributed by atoms with Crippen molar-refractivity contribution in [2.75, 3.05) is 13.2 Å². The van der Waals surface area contributed by atoms with Gasteiger partial charge in [-0.15, -0.1) is 0 Å². The minimum atomic E-state index is -3.79. The summed E-state index contributed by atoms with van der Waals surface area (Å²) in [5, 5.41) is 0.101. The Morgan fingerprint density at radius 3 is 2.65 bits per heavy atom. The summed E-state index contributed by atoms with van der Waals surface area (Å²) >= 11 is 5.75. The van der Waals surface area contributed by atoms with Crippen LogP contribution < -0.4 is 4.72 Å². The summed E-state index contributed by atoms with van der Waals surface area (Å²) in [6, 6.07) is 5.98. The van der Waals surface area contributed by atoms with E-state index in [9.17, 15) is 13.2 Å². The summed E-state index contributed by atoms with van der Waals surface area (Å²) in [5.74, 6) is -0.636. The quantitative estimate of drug-likeness (QED) is 0.821. The lowest BCUT2D eigenvalue weighted by molar-refractivity contribution is -0.141. The lowest BCUT2D eigenvalue weighted by atomic mass is 10.4. The average molecular weight is 278 g/mol. The molecule has 0 bridgehead atoms. The van der Waals surface area contributed by atoms with E-state index in [1.807, 2.05) is 0 Å². The first-order valence-electron chi connectivity index (χ1n) is 4.87. The van der Waals surface area contributed by atoms with Crippen LogP contribution in [0.15, 0.2) is 29.2 Å². The molecule has 0 radical (unpaired) electrons. The maximum Gasteiger partial charge on any atom is 0.321 e. The molecule has 0 heterocycles. The van der Waals surface area contributed by atoms with Crippen molar-refractivity contribution in [3.8, 4) is 0 Å². The number of esters is 1. The standard InChI is InChI=1S/C10H12ClNO4S/c1-2-16-10(13)7-12-17(14,15)9-6-4-3-5-8(9)11/h3-6,12H,2,7H2,1H3. The fraction of sp³-hybridized carbons (Fsp3) is 0.300. The first-order valence-corrected chi connectivity index (χ1v) is 6.73.